The lowest BCUT2D eigenvalue weighted by Crippen LogP contribution is -2.35. The molecule has 2 N–H and O–H groups in total. The fourth-order valence-electron chi connectivity index (χ4n) is 4.36. The Hall–Kier alpha value is -3.00. The molecule has 8 heteroatoms. The van der Waals surface area contributed by atoms with Gasteiger partial charge in [0, 0.05) is 35.4 Å². The second-order valence-electron chi connectivity index (χ2n) is 8.66. The van der Waals surface area contributed by atoms with Crippen LogP contribution in [0.4, 0.5) is 0 Å². The minimum Gasteiger partial charge on any atom is -0.481 e. The minimum atomic E-state index is -3.64. The number of hydrogen-bond donors (Lipinski definition) is 2. The molecule has 0 bridgehead atoms. The van der Waals surface area contributed by atoms with Gasteiger partial charge in [0.05, 0.1) is 4.90 Å². The van der Waals surface area contributed by atoms with E-state index in [4.69, 9.17) is 16.7 Å². The summed E-state index contributed by atoms with van der Waals surface area (Å²) >= 11 is 5.89. The van der Waals surface area contributed by atoms with Gasteiger partial charge in [-0.25, -0.2) is 13.1 Å². The van der Waals surface area contributed by atoms with Gasteiger partial charge >= 0.3 is 5.97 Å². The zero-order valence-electron chi connectivity index (χ0n) is 19.2. The van der Waals surface area contributed by atoms with E-state index in [9.17, 15) is 13.2 Å². The molecule has 1 unspecified atom stereocenters. The number of pyridine rings is 1. The van der Waals surface area contributed by atoms with Crippen LogP contribution >= 0.6 is 11.6 Å². The largest absolute Gasteiger partial charge is 0.481 e. The van der Waals surface area contributed by atoms with Crippen molar-refractivity contribution in [3.63, 3.8) is 0 Å². The van der Waals surface area contributed by atoms with Crippen molar-refractivity contribution in [3.8, 4) is 0 Å². The van der Waals surface area contributed by atoms with E-state index >= 15 is 0 Å². The molecular formula is C27H27ClN2O4S. The highest BCUT2D eigenvalue weighted by Crippen LogP contribution is 2.30. The van der Waals surface area contributed by atoms with E-state index in [1.54, 1.807) is 18.3 Å². The molecule has 6 nitrogen and oxygen atoms in total. The highest BCUT2D eigenvalue weighted by molar-refractivity contribution is 7.89. The number of nitrogens with one attached hydrogen (secondary N) is 1. The Morgan fingerprint density at radius 3 is 2.54 bits per heavy atom. The summed E-state index contributed by atoms with van der Waals surface area (Å²) in [5.74, 6) is -0.777. The van der Waals surface area contributed by atoms with Crippen LogP contribution in [0.3, 0.4) is 0 Å². The van der Waals surface area contributed by atoms with E-state index in [0.29, 0.717) is 24.3 Å². The molecule has 1 heterocycles. The summed E-state index contributed by atoms with van der Waals surface area (Å²) < 4.78 is 28.5. The molecule has 3 aromatic rings. The molecule has 0 aliphatic heterocycles. The summed E-state index contributed by atoms with van der Waals surface area (Å²) in [6.07, 6.45) is 9.27. The summed E-state index contributed by atoms with van der Waals surface area (Å²) in [7, 11) is -3.64. The van der Waals surface area contributed by atoms with Crippen molar-refractivity contribution in [2.75, 3.05) is 0 Å². The smallest absolute Gasteiger partial charge is 0.303 e. The van der Waals surface area contributed by atoms with Crippen LogP contribution in [0.1, 0.15) is 47.9 Å². The molecule has 35 heavy (non-hydrogen) atoms. The van der Waals surface area contributed by atoms with Crippen LogP contribution in [0.25, 0.3) is 5.57 Å². The summed E-state index contributed by atoms with van der Waals surface area (Å²) in [6.45, 7) is 0. The van der Waals surface area contributed by atoms with Crippen molar-refractivity contribution in [2.24, 2.45) is 0 Å². The van der Waals surface area contributed by atoms with E-state index in [1.165, 1.54) is 12.1 Å². The third-order valence-electron chi connectivity index (χ3n) is 6.06. The maximum atomic E-state index is 12.8. The van der Waals surface area contributed by atoms with Crippen LogP contribution < -0.4 is 4.72 Å². The lowest BCUT2D eigenvalue weighted by atomic mass is 9.94. The molecule has 182 valence electrons. The number of aliphatic carboxylic acids is 1. The first-order chi connectivity index (χ1) is 16.8. The van der Waals surface area contributed by atoms with Gasteiger partial charge in [0.1, 0.15) is 0 Å². The summed E-state index contributed by atoms with van der Waals surface area (Å²) in [6, 6.07) is 16.1. The first-order valence-corrected chi connectivity index (χ1v) is 13.4. The van der Waals surface area contributed by atoms with Gasteiger partial charge in [-0.2, -0.15) is 0 Å². The highest BCUT2D eigenvalue weighted by Gasteiger charge is 2.27. The number of fused-ring (bicyclic) bond motifs is 1. The predicted molar refractivity (Wildman–Crippen MR) is 137 cm³/mol. The number of rotatable bonds is 10. The lowest BCUT2D eigenvalue weighted by molar-refractivity contribution is -0.137. The summed E-state index contributed by atoms with van der Waals surface area (Å²) in [5.41, 5.74) is 5.32. The van der Waals surface area contributed by atoms with Crippen LogP contribution in [0, 0.1) is 0 Å². The normalized spacial score (nSPS) is 15.7. The van der Waals surface area contributed by atoms with Crippen LogP contribution in [-0.2, 0) is 27.7 Å². The van der Waals surface area contributed by atoms with Gasteiger partial charge in [-0.3, -0.25) is 9.78 Å². The van der Waals surface area contributed by atoms with E-state index in [0.717, 1.165) is 40.7 Å². The van der Waals surface area contributed by atoms with Crippen molar-refractivity contribution >= 4 is 33.2 Å². The third kappa shape index (κ3) is 6.57. The van der Waals surface area contributed by atoms with Gasteiger partial charge in [-0.1, -0.05) is 41.9 Å². The van der Waals surface area contributed by atoms with E-state index < -0.39 is 16.0 Å². The Kier molecular flexibility index (Phi) is 8.00. The van der Waals surface area contributed by atoms with Gasteiger partial charge < -0.3 is 5.11 Å². The first kappa shape index (κ1) is 25.1. The maximum Gasteiger partial charge on any atom is 0.303 e. The standard InChI is InChI=1S/C27H27ClN2O4S/c28-23-10-12-25(13-11-23)35(33,34)30-24-16-19-8-9-20(15-22(19)17-24)26(21-5-4-14-29-18-21)6-2-1-3-7-27(31)32/h4-6,8-15,18,24,30H,1-3,7,16-17H2,(H,31,32)/b26-6-. The number of benzene rings is 2. The van der Waals surface area contributed by atoms with Crippen LogP contribution in [0.5, 0.6) is 0 Å². The Balaban J connectivity index is 1.51. The lowest BCUT2D eigenvalue weighted by Gasteiger charge is -2.12. The van der Waals surface area contributed by atoms with Gasteiger partial charge in [0.2, 0.25) is 10.0 Å². The fraction of sp³-hybridized carbons (Fsp3) is 0.259. The van der Waals surface area contributed by atoms with Crippen molar-refractivity contribution in [1.82, 2.24) is 9.71 Å². The molecule has 1 aromatic heterocycles. The Bertz CT molecular complexity index is 1320. The Labute approximate surface area is 210 Å². The summed E-state index contributed by atoms with van der Waals surface area (Å²) in [4.78, 5) is 15.2. The molecule has 0 saturated heterocycles. The molecule has 2 aromatic carbocycles. The van der Waals surface area contributed by atoms with Crippen molar-refractivity contribution in [2.45, 2.75) is 49.5 Å². The number of carbonyl (C=O) groups is 1. The number of halogens is 1. The molecule has 0 spiro atoms. The molecule has 1 aliphatic rings. The average Bonchev–Trinajstić information content (AvgIpc) is 3.22. The molecular weight excluding hydrogens is 484 g/mol. The number of hydrogen-bond acceptors (Lipinski definition) is 4. The highest BCUT2D eigenvalue weighted by atomic mass is 35.5. The second kappa shape index (κ2) is 11.2. The number of sulfonamides is 1. The molecule has 0 amide bonds. The van der Waals surface area contributed by atoms with E-state index in [2.05, 4.69) is 34.0 Å². The number of allylic oxidation sites excluding steroid dienone is 1. The molecule has 0 fully saturated rings. The Morgan fingerprint density at radius 2 is 1.83 bits per heavy atom. The van der Waals surface area contributed by atoms with Crippen LogP contribution in [-0.4, -0.2) is 30.5 Å². The van der Waals surface area contributed by atoms with Gasteiger partial charge in [0.25, 0.3) is 0 Å². The number of unbranched alkanes of at least 4 members (excludes halogenated alkanes) is 2. The second-order valence-corrected chi connectivity index (χ2v) is 10.8. The van der Waals surface area contributed by atoms with Crippen molar-refractivity contribution in [3.05, 3.63) is 100 Å². The topological polar surface area (TPSA) is 96.4 Å². The van der Waals surface area contributed by atoms with E-state index in [1.807, 2.05) is 18.3 Å². The molecule has 4 rings (SSSR count). The maximum absolute atomic E-state index is 12.8. The van der Waals surface area contributed by atoms with Crippen molar-refractivity contribution < 1.29 is 18.3 Å². The van der Waals surface area contributed by atoms with Crippen molar-refractivity contribution in [1.29, 1.82) is 0 Å². The van der Waals surface area contributed by atoms with Crippen LogP contribution in [0.2, 0.25) is 5.02 Å². The SMILES string of the molecule is O=C(O)CCCC/C=C(\c1cccnc1)c1ccc2c(c1)CC(NS(=O)(=O)c1ccc(Cl)cc1)C2. The fourth-order valence-corrected chi connectivity index (χ4v) is 5.72. The average molecular weight is 511 g/mol. The summed E-state index contributed by atoms with van der Waals surface area (Å²) in [5, 5.41) is 9.35. The zero-order chi connectivity index (χ0) is 24.8. The zero-order valence-corrected chi connectivity index (χ0v) is 20.7. The third-order valence-corrected chi connectivity index (χ3v) is 7.85. The molecule has 1 atom stereocenters. The molecule has 1 aliphatic carbocycles. The molecule has 0 radical (unpaired) electrons. The number of carboxylic acids is 1. The van der Waals surface area contributed by atoms with Gasteiger partial charge in [-0.05, 0) is 84.7 Å². The van der Waals surface area contributed by atoms with E-state index in [-0.39, 0.29) is 17.4 Å². The Morgan fingerprint density at radius 1 is 1.06 bits per heavy atom. The number of carboxylic acid groups (broad SMARTS) is 1. The number of aromatic nitrogens is 1. The quantitative estimate of drug-likeness (QED) is 0.363. The van der Waals surface area contributed by atoms with Gasteiger partial charge in [-0.15, -0.1) is 0 Å². The first-order valence-electron chi connectivity index (χ1n) is 11.5. The minimum absolute atomic E-state index is 0.169. The predicted octanol–water partition coefficient (Wildman–Crippen LogP) is 5.26. The van der Waals surface area contributed by atoms with Gasteiger partial charge in [0.15, 0.2) is 0 Å². The molecule has 0 saturated carbocycles. The monoisotopic (exact) mass is 510 g/mol. The van der Waals surface area contributed by atoms with Crippen LogP contribution in [0.15, 0.2) is 78.0 Å². The number of nitrogens with zero attached hydrogens (tertiary/aromatic N) is 1.